The van der Waals surface area contributed by atoms with Gasteiger partial charge in [-0.1, -0.05) is 6.08 Å². The Morgan fingerprint density at radius 2 is 2.67 bits per heavy atom. The molecule has 1 fully saturated rings. The summed E-state index contributed by atoms with van der Waals surface area (Å²) in [4.78, 5) is 4.44. The minimum Gasteiger partial charge on any atom is -0.379 e. The lowest BCUT2D eigenvalue weighted by atomic mass is 10.3. The van der Waals surface area contributed by atoms with Crippen LogP contribution in [-0.2, 0) is 11.3 Å². The Balaban J connectivity index is 2.07. The second-order valence-electron chi connectivity index (χ2n) is 3.85. The van der Waals surface area contributed by atoms with Gasteiger partial charge in [0.15, 0.2) is 0 Å². The minimum absolute atomic E-state index is 0.398. The van der Waals surface area contributed by atoms with Gasteiger partial charge in [0.25, 0.3) is 0 Å². The lowest BCUT2D eigenvalue weighted by Gasteiger charge is -2.12. The van der Waals surface area contributed by atoms with Gasteiger partial charge in [0, 0.05) is 19.3 Å². The van der Waals surface area contributed by atoms with E-state index in [2.05, 4.69) is 21.4 Å². The second-order valence-corrected chi connectivity index (χ2v) is 3.85. The average molecular weight is 207 g/mol. The highest BCUT2D eigenvalue weighted by molar-refractivity contribution is 5.31. The van der Waals surface area contributed by atoms with Crippen molar-refractivity contribution < 1.29 is 4.74 Å². The fourth-order valence-corrected chi connectivity index (χ4v) is 1.77. The minimum atomic E-state index is 0.398. The summed E-state index contributed by atoms with van der Waals surface area (Å²) in [5, 5.41) is 3.39. The summed E-state index contributed by atoms with van der Waals surface area (Å²) in [6.45, 7) is 8.15. The number of aromatic nitrogens is 2. The van der Waals surface area contributed by atoms with Crippen LogP contribution in [-0.4, -0.2) is 28.8 Å². The summed E-state index contributed by atoms with van der Waals surface area (Å²) in [6, 6.07) is 0.398. The summed E-state index contributed by atoms with van der Waals surface area (Å²) in [5.41, 5.74) is 1.03. The molecular weight excluding hydrogens is 190 g/mol. The van der Waals surface area contributed by atoms with Crippen molar-refractivity contribution in [2.75, 3.05) is 18.5 Å². The van der Waals surface area contributed by atoms with Crippen LogP contribution in [0.2, 0.25) is 0 Å². The maximum atomic E-state index is 5.32. The maximum absolute atomic E-state index is 5.32. The molecule has 0 amide bonds. The third kappa shape index (κ3) is 2.39. The van der Waals surface area contributed by atoms with Crippen molar-refractivity contribution in [1.29, 1.82) is 0 Å². The van der Waals surface area contributed by atoms with Gasteiger partial charge in [-0.25, -0.2) is 4.98 Å². The molecule has 2 heterocycles. The van der Waals surface area contributed by atoms with E-state index in [-0.39, 0.29) is 0 Å². The second kappa shape index (κ2) is 4.49. The van der Waals surface area contributed by atoms with Crippen molar-refractivity contribution in [2.24, 2.45) is 0 Å². The first-order chi connectivity index (χ1) is 7.29. The van der Waals surface area contributed by atoms with E-state index in [1.807, 2.05) is 19.2 Å². The van der Waals surface area contributed by atoms with E-state index < -0.39 is 0 Å². The summed E-state index contributed by atoms with van der Waals surface area (Å²) in [7, 11) is 0. The Kier molecular flexibility index (Phi) is 3.06. The molecule has 0 radical (unpaired) electrons. The van der Waals surface area contributed by atoms with E-state index in [0.717, 1.165) is 37.8 Å². The van der Waals surface area contributed by atoms with Crippen LogP contribution in [0.3, 0.4) is 0 Å². The van der Waals surface area contributed by atoms with Gasteiger partial charge in [-0.05, 0) is 13.3 Å². The molecule has 0 bridgehead atoms. The molecule has 4 nitrogen and oxygen atoms in total. The summed E-state index contributed by atoms with van der Waals surface area (Å²) < 4.78 is 7.39. The summed E-state index contributed by atoms with van der Waals surface area (Å²) in [5.74, 6) is 0.919. The van der Waals surface area contributed by atoms with Crippen molar-refractivity contribution >= 4 is 5.95 Å². The van der Waals surface area contributed by atoms with Gasteiger partial charge < -0.3 is 14.6 Å². The SMILES string of the molecule is C=CCn1cc(C)nc1NC1CCOC1. The number of nitrogens with zero attached hydrogens (tertiary/aromatic N) is 2. The number of anilines is 1. The quantitative estimate of drug-likeness (QED) is 0.762. The topological polar surface area (TPSA) is 39.1 Å². The lowest BCUT2D eigenvalue weighted by molar-refractivity contribution is 0.195. The van der Waals surface area contributed by atoms with Crippen molar-refractivity contribution in [1.82, 2.24) is 9.55 Å². The van der Waals surface area contributed by atoms with Crippen LogP contribution in [0, 0.1) is 6.92 Å². The van der Waals surface area contributed by atoms with Crippen LogP contribution < -0.4 is 5.32 Å². The van der Waals surface area contributed by atoms with E-state index in [0.29, 0.717) is 6.04 Å². The van der Waals surface area contributed by atoms with Gasteiger partial charge >= 0.3 is 0 Å². The van der Waals surface area contributed by atoms with Gasteiger partial charge in [-0.3, -0.25) is 0 Å². The number of ether oxygens (including phenoxy) is 1. The molecule has 1 unspecified atom stereocenters. The van der Waals surface area contributed by atoms with Crippen LogP contribution in [0.15, 0.2) is 18.9 Å². The van der Waals surface area contributed by atoms with E-state index in [4.69, 9.17) is 4.74 Å². The van der Waals surface area contributed by atoms with Crippen LogP contribution >= 0.6 is 0 Å². The number of allylic oxidation sites excluding steroid dienone is 1. The molecule has 4 heteroatoms. The number of aryl methyl sites for hydroxylation is 1. The van der Waals surface area contributed by atoms with E-state index in [9.17, 15) is 0 Å². The van der Waals surface area contributed by atoms with Crippen LogP contribution in [0.1, 0.15) is 12.1 Å². The number of hydrogen-bond acceptors (Lipinski definition) is 3. The summed E-state index contributed by atoms with van der Waals surface area (Å²) >= 11 is 0. The third-order valence-corrected chi connectivity index (χ3v) is 2.49. The largest absolute Gasteiger partial charge is 0.379 e. The Morgan fingerprint density at radius 3 is 3.33 bits per heavy atom. The van der Waals surface area contributed by atoms with Gasteiger partial charge in [-0.15, -0.1) is 6.58 Å². The Hall–Kier alpha value is -1.29. The standard InChI is InChI=1S/C11H17N3O/c1-3-5-14-7-9(2)12-11(14)13-10-4-6-15-8-10/h3,7,10H,1,4-6,8H2,2H3,(H,12,13). The van der Waals surface area contributed by atoms with Crippen molar-refractivity contribution in [3.8, 4) is 0 Å². The average Bonchev–Trinajstić information content (AvgIpc) is 2.78. The number of rotatable bonds is 4. The zero-order chi connectivity index (χ0) is 10.7. The Morgan fingerprint density at radius 1 is 1.80 bits per heavy atom. The zero-order valence-corrected chi connectivity index (χ0v) is 9.07. The molecule has 1 N–H and O–H groups in total. The van der Waals surface area contributed by atoms with Gasteiger partial charge in [-0.2, -0.15) is 0 Å². The van der Waals surface area contributed by atoms with Crippen molar-refractivity contribution in [3.05, 3.63) is 24.5 Å². The zero-order valence-electron chi connectivity index (χ0n) is 9.07. The first kappa shape index (κ1) is 10.2. The van der Waals surface area contributed by atoms with E-state index >= 15 is 0 Å². The lowest BCUT2D eigenvalue weighted by Crippen LogP contribution is -2.21. The van der Waals surface area contributed by atoms with Crippen molar-refractivity contribution in [2.45, 2.75) is 25.9 Å². The molecule has 1 aromatic rings. The highest BCUT2D eigenvalue weighted by atomic mass is 16.5. The Labute approximate surface area is 90.0 Å². The van der Waals surface area contributed by atoms with Gasteiger partial charge in [0.05, 0.1) is 18.3 Å². The molecule has 15 heavy (non-hydrogen) atoms. The first-order valence-electron chi connectivity index (χ1n) is 5.28. The van der Waals surface area contributed by atoms with Crippen LogP contribution in [0.5, 0.6) is 0 Å². The molecule has 1 atom stereocenters. The highest BCUT2D eigenvalue weighted by Gasteiger charge is 2.17. The van der Waals surface area contributed by atoms with Crippen LogP contribution in [0.4, 0.5) is 5.95 Å². The fraction of sp³-hybridized carbons (Fsp3) is 0.545. The predicted molar refractivity (Wildman–Crippen MR) is 60.0 cm³/mol. The molecule has 0 saturated carbocycles. The molecule has 82 valence electrons. The maximum Gasteiger partial charge on any atom is 0.203 e. The smallest absolute Gasteiger partial charge is 0.203 e. The third-order valence-electron chi connectivity index (χ3n) is 2.49. The molecule has 1 aromatic heterocycles. The first-order valence-corrected chi connectivity index (χ1v) is 5.28. The molecule has 0 spiro atoms. The monoisotopic (exact) mass is 207 g/mol. The highest BCUT2D eigenvalue weighted by Crippen LogP contribution is 2.14. The Bertz CT molecular complexity index is 340. The molecule has 1 saturated heterocycles. The van der Waals surface area contributed by atoms with E-state index in [1.165, 1.54) is 0 Å². The molecule has 1 aliphatic heterocycles. The molecule has 0 aromatic carbocycles. The number of nitrogens with one attached hydrogen (secondary N) is 1. The molecule has 1 aliphatic rings. The normalized spacial score (nSPS) is 20.5. The van der Waals surface area contributed by atoms with Crippen LogP contribution in [0.25, 0.3) is 0 Å². The van der Waals surface area contributed by atoms with Gasteiger partial charge in [0.1, 0.15) is 0 Å². The molecule has 2 rings (SSSR count). The molecular formula is C11H17N3O. The van der Waals surface area contributed by atoms with Gasteiger partial charge in [0.2, 0.25) is 5.95 Å². The van der Waals surface area contributed by atoms with Crippen molar-refractivity contribution in [3.63, 3.8) is 0 Å². The van der Waals surface area contributed by atoms with E-state index in [1.54, 1.807) is 0 Å². The number of imidazole rings is 1. The summed E-state index contributed by atoms with van der Waals surface area (Å²) in [6.07, 6.45) is 4.96. The predicted octanol–water partition coefficient (Wildman–Crippen LogP) is 1.58. The molecule has 0 aliphatic carbocycles. The fourth-order valence-electron chi connectivity index (χ4n) is 1.77. The number of hydrogen-bond donors (Lipinski definition) is 1.